The molecule has 0 saturated carbocycles. The summed E-state index contributed by atoms with van der Waals surface area (Å²) in [4.78, 5) is 25.0. The van der Waals surface area contributed by atoms with Crippen LogP contribution in [0.3, 0.4) is 0 Å². The molecule has 40 heavy (non-hydrogen) atoms. The highest BCUT2D eigenvalue weighted by Crippen LogP contribution is 2.55. The molecule has 0 bridgehead atoms. The molecule has 0 aromatic heterocycles. The molecule has 1 spiro atoms. The van der Waals surface area contributed by atoms with Crippen LogP contribution in [0.15, 0.2) is 80.5 Å². The molecule has 3 aromatic carbocycles. The number of hydrogen-bond donors (Lipinski definition) is 3. The molecule has 0 fully saturated rings. The lowest BCUT2D eigenvalue weighted by Crippen LogP contribution is -2.49. The van der Waals surface area contributed by atoms with Crippen LogP contribution >= 0.6 is 27.7 Å². The van der Waals surface area contributed by atoms with Crippen LogP contribution < -0.4 is 10.7 Å². The third kappa shape index (κ3) is 5.03. The van der Waals surface area contributed by atoms with E-state index in [-0.39, 0.29) is 19.1 Å². The molecule has 3 aromatic rings. The van der Waals surface area contributed by atoms with E-state index in [4.69, 9.17) is 4.74 Å². The van der Waals surface area contributed by atoms with Gasteiger partial charge in [-0.05, 0) is 57.1 Å². The maximum absolute atomic E-state index is 12.4. The molecule has 1 heterocycles. The van der Waals surface area contributed by atoms with Crippen LogP contribution in [0, 0.1) is 12.8 Å². The fourth-order valence-corrected chi connectivity index (χ4v) is 7.35. The second-order valence-electron chi connectivity index (χ2n) is 10.1. The minimum absolute atomic E-state index is 0.0185. The van der Waals surface area contributed by atoms with Gasteiger partial charge in [0.2, 0.25) is 0 Å². The van der Waals surface area contributed by atoms with Crippen molar-refractivity contribution in [2.75, 3.05) is 13.2 Å². The highest BCUT2D eigenvalue weighted by Gasteiger charge is 2.52. The van der Waals surface area contributed by atoms with Crippen LogP contribution in [0.5, 0.6) is 0 Å². The predicted octanol–water partition coefficient (Wildman–Crippen LogP) is 6.25. The molecule has 11 heteroatoms. The van der Waals surface area contributed by atoms with Crippen molar-refractivity contribution in [3.05, 3.63) is 87.4 Å². The number of fused-ring (bicyclic) bond motifs is 5. The average Bonchev–Trinajstić information content (AvgIpc) is 3.47. The summed E-state index contributed by atoms with van der Waals surface area (Å²) in [6.45, 7) is 5.77. The number of alkyl carbamates (subject to hydrolysis) is 1. The number of ether oxygens (including phenoxy) is 1. The number of carboxylic acids is 1. The molecule has 1 amide bonds. The number of aryl methyl sites for hydroxylation is 1. The second kappa shape index (κ2) is 11.5. The van der Waals surface area contributed by atoms with E-state index in [1.807, 2.05) is 30.3 Å². The predicted molar refractivity (Wildman–Crippen MR) is 157 cm³/mol. The molecule has 1 aliphatic carbocycles. The molecule has 1 unspecified atom stereocenters. The van der Waals surface area contributed by atoms with Gasteiger partial charge >= 0.3 is 12.1 Å². The fourth-order valence-electron chi connectivity index (χ4n) is 5.18. The van der Waals surface area contributed by atoms with Gasteiger partial charge < -0.3 is 15.2 Å². The molecule has 0 radical (unpaired) electrons. The summed E-state index contributed by atoms with van der Waals surface area (Å²) in [5.74, 6) is -0.573. The quantitative estimate of drug-likeness (QED) is 0.241. The number of carbonyl (C=O) groups excluding carboxylic acids is 1. The summed E-state index contributed by atoms with van der Waals surface area (Å²) in [6, 6.07) is 19.7. The first kappa shape index (κ1) is 28.0. The number of thioether (sulfide) groups is 1. The normalized spacial score (nSPS) is 17.5. The number of rotatable bonds is 9. The molecule has 2 aliphatic rings. The maximum atomic E-state index is 12.4. The van der Waals surface area contributed by atoms with Crippen molar-refractivity contribution in [2.45, 2.75) is 43.1 Å². The Hall–Kier alpha value is -3.57. The van der Waals surface area contributed by atoms with Crippen molar-refractivity contribution in [2.24, 2.45) is 16.4 Å². The van der Waals surface area contributed by atoms with Crippen molar-refractivity contribution < 1.29 is 19.4 Å². The lowest BCUT2D eigenvalue weighted by Gasteiger charge is -2.35. The molecule has 2 atom stereocenters. The summed E-state index contributed by atoms with van der Waals surface area (Å²) in [5, 5.41) is 22.2. The Morgan fingerprint density at radius 1 is 1.15 bits per heavy atom. The van der Waals surface area contributed by atoms with Gasteiger partial charge in [-0.15, -0.1) is 11.8 Å². The zero-order valence-corrected chi connectivity index (χ0v) is 24.8. The summed E-state index contributed by atoms with van der Waals surface area (Å²) >= 11 is 5.72. The smallest absolute Gasteiger partial charge is 0.407 e. The van der Waals surface area contributed by atoms with Crippen molar-refractivity contribution in [3.8, 4) is 11.1 Å². The van der Waals surface area contributed by atoms with Crippen molar-refractivity contribution >= 4 is 39.8 Å². The molecular formula is C29H30BrN5O4S. The van der Waals surface area contributed by atoms with Gasteiger partial charge in [0.25, 0.3) is 0 Å². The number of halogens is 1. The average molecular weight is 625 g/mol. The summed E-state index contributed by atoms with van der Waals surface area (Å²) in [5.41, 5.74) is 8.91. The Labute approximate surface area is 245 Å². The minimum Gasteiger partial charge on any atom is -0.480 e. The molecule has 1 aliphatic heterocycles. The Morgan fingerprint density at radius 3 is 2.60 bits per heavy atom. The monoisotopic (exact) mass is 623 g/mol. The Morgan fingerprint density at radius 2 is 1.88 bits per heavy atom. The molecule has 208 valence electrons. The van der Waals surface area contributed by atoms with Gasteiger partial charge in [-0.25, -0.2) is 14.6 Å². The van der Waals surface area contributed by atoms with E-state index in [1.54, 1.807) is 30.6 Å². The van der Waals surface area contributed by atoms with E-state index >= 15 is 0 Å². The first-order valence-corrected chi connectivity index (χ1v) is 14.7. The zero-order chi connectivity index (χ0) is 28.4. The molecule has 3 N–H and O–H groups in total. The van der Waals surface area contributed by atoms with Gasteiger partial charge in [0.15, 0.2) is 5.66 Å². The second-order valence-corrected chi connectivity index (χ2v) is 11.8. The van der Waals surface area contributed by atoms with Crippen LogP contribution in [0.25, 0.3) is 11.1 Å². The lowest BCUT2D eigenvalue weighted by atomic mass is 9.96. The number of nitrogens with one attached hydrogen (secondary N) is 2. The lowest BCUT2D eigenvalue weighted by molar-refractivity contribution is -0.140. The fraction of sp³-hybridized carbons (Fsp3) is 0.310. The van der Waals surface area contributed by atoms with Crippen LogP contribution in [0.1, 0.15) is 36.1 Å². The molecule has 0 saturated heterocycles. The van der Waals surface area contributed by atoms with Crippen LogP contribution in [0.4, 0.5) is 4.79 Å². The van der Waals surface area contributed by atoms with Gasteiger partial charge in [-0.3, -0.25) is 5.43 Å². The van der Waals surface area contributed by atoms with Gasteiger partial charge in [0, 0.05) is 26.2 Å². The van der Waals surface area contributed by atoms with Crippen LogP contribution in [0.2, 0.25) is 0 Å². The zero-order valence-electron chi connectivity index (χ0n) is 22.3. The van der Waals surface area contributed by atoms with E-state index in [9.17, 15) is 14.7 Å². The largest absolute Gasteiger partial charge is 0.480 e. The van der Waals surface area contributed by atoms with Crippen LogP contribution in [-0.2, 0) is 20.9 Å². The SMILES string of the molecule is Cc1cc2c(c(Br)c1SCc1ccccc1)C1(NN=NN1CCOC(=O)N[C@H](C(=O)O)C(C)C)c1ccccc1-2. The summed E-state index contributed by atoms with van der Waals surface area (Å²) < 4.78 is 6.34. The topological polar surface area (TPSA) is 116 Å². The van der Waals surface area contributed by atoms with E-state index in [1.165, 1.54) is 5.56 Å². The van der Waals surface area contributed by atoms with Gasteiger partial charge in [0.05, 0.1) is 6.54 Å². The summed E-state index contributed by atoms with van der Waals surface area (Å²) in [7, 11) is 0. The van der Waals surface area contributed by atoms with Gasteiger partial charge in [-0.2, -0.15) is 0 Å². The Kier molecular flexibility index (Phi) is 8.04. The van der Waals surface area contributed by atoms with E-state index < -0.39 is 23.8 Å². The minimum atomic E-state index is -1.11. The van der Waals surface area contributed by atoms with Crippen LogP contribution in [-0.4, -0.2) is 41.4 Å². The standard InChI is InChI=1S/C29H30BrN5O4S/c1-17(2)25(27(36)37)31-28(38)39-14-13-35-29(32-33-34-35)22-12-8-7-11-20(22)21-15-18(3)26(24(30)23(21)29)40-16-19-9-5-4-6-10-19/h4-12,15,17,25H,13-14,16H2,1-3H3,(H,31,38)(H,32,34)(H,36,37)/t25-,29?/m0/s1. The van der Waals surface area contributed by atoms with E-state index in [0.717, 1.165) is 42.9 Å². The number of aliphatic carboxylic acids is 1. The third-order valence-electron chi connectivity index (χ3n) is 7.10. The highest BCUT2D eigenvalue weighted by atomic mass is 79.9. The molecule has 5 rings (SSSR count). The first-order chi connectivity index (χ1) is 19.2. The number of hydrogen-bond acceptors (Lipinski definition) is 8. The van der Waals surface area contributed by atoms with Gasteiger partial charge in [0.1, 0.15) is 12.6 Å². The molecule has 9 nitrogen and oxygen atoms in total. The van der Waals surface area contributed by atoms with Gasteiger partial charge in [-0.1, -0.05) is 78.9 Å². The number of carboxylic acid groups (broad SMARTS) is 1. The Balaban J connectivity index is 1.43. The van der Waals surface area contributed by atoms with Crippen molar-refractivity contribution in [3.63, 3.8) is 0 Å². The van der Waals surface area contributed by atoms with E-state index in [2.05, 4.69) is 74.4 Å². The van der Waals surface area contributed by atoms with E-state index in [0.29, 0.717) is 0 Å². The van der Waals surface area contributed by atoms with Crippen molar-refractivity contribution in [1.29, 1.82) is 0 Å². The number of nitrogens with zero attached hydrogens (tertiary/aromatic N) is 3. The third-order valence-corrected chi connectivity index (χ3v) is 9.44. The highest BCUT2D eigenvalue weighted by molar-refractivity contribution is 9.10. The number of carbonyl (C=O) groups is 2. The Bertz CT molecular complexity index is 1470. The number of amides is 1. The molecular weight excluding hydrogens is 594 g/mol. The number of benzene rings is 3. The first-order valence-electron chi connectivity index (χ1n) is 13.0. The van der Waals surface area contributed by atoms with Crippen molar-refractivity contribution in [1.82, 2.24) is 15.8 Å². The summed E-state index contributed by atoms with van der Waals surface area (Å²) in [6.07, 6.45) is -0.789. The maximum Gasteiger partial charge on any atom is 0.407 e.